The zero-order valence-electron chi connectivity index (χ0n) is 17.4. The zero-order chi connectivity index (χ0) is 20.8. The third-order valence-electron chi connectivity index (χ3n) is 5.72. The maximum atomic E-state index is 11.8. The molecule has 0 amide bonds. The Bertz CT molecular complexity index is 1020. The Labute approximate surface area is 178 Å². The van der Waals surface area contributed by atoms with Gasteiger partial charge < -0.3 is 14.8 Å². The van der Waals surface area contributed by atoms with Gasteiger partial charge >= 0.3 is 0 Å². The van der Waals surface area contributed by atoms with Gasteiger partial charge in [-0.25, -0.2) is 0 Å². The van der Waals surface area contributed by atoms with E-state index in [1.807, 2.05) is 24.3 Å². The van der Waals surface area contributed by atoms with Crippen molar-refractivity contribution >= 4 is 6.29 Å². The molecule has 2 aromatic carbocycles. The number of hydrogen-bond acceptors (Lipinski definition) is 4. The van der Waals surface area contributed by atoms with Crippen LogP contribution in [0.1, 0.15) is 41.0 Å². The van der Waals surface area contributed by atoms with Crippen molar-refractivity contribution in [2.24, 2.45) is 0 Å². The summed E-state index contributed by atoms with van der Waals surface area (Å²) >= 11 is 0. The molecule has 0 aliphatic carbocycles. The summed E-state index contributed by atoms with van der Waals surface area (Å²) < 4.78 is 5.92. The van der Waals surface area contributed by atoms with Crippen LogP contribution in [-0.4, -0.2) is 24.4 Å². The molecule has 0 saturated heterocycles. The lowest BCUT2D eigenvalue weighted by atomic mass is 9.95. The van der Waals surface area contributed by atoms with Crippen LogP contribution < -0.4 is 5.32 Å². The van der Waals surface area contributed by atoms with Crippen molar-refractivity contribution in [3.05, 3.63) is 88.7 Å². The van der Waals surface area contributed by atoms with E-state index in [-0.39, 0.29) is 0 Å². The Morgan fingerprint density at radius 1 is 1.03 bits per heavy atom. The number of rotatable bonds is 7. The lowest BCUT2D eigenvalue weighted by Crippen LogP contribution is -2.16. The van der Waals surface area contributed by atoms with E-state index in [4.69, 9.17) is 4.74 Å². The van der Waals surface area contributed by atoms with Gasteiger partial charge in [-0.3, -0.25) is 4.98 Å². The molecule has 0 spiro atoms. The van der Waals surface area contributed by atoms with E-state index in [0.29, 0.717) is 6.61 Å². The number of nitrogens with zero attached hydrogens (tertiary/aromatic N) is 1. The Hall–Kier alpha value is -2.82. The van der Waals surface area contributed by atoms with Gasteiger partial charge in [0.1, 0.15) is 6.10 Å². The highest BCUT2D eigenvalue weighted by atomic mass is 16.5. The minimum absolute atomic E-state index is 0.313. The minimum atomic E-state index is -0.609. The molecule has 4 nitrogen and oxygen atoms in total. The molecule has 3 aromatic rings. The van der Waals surface area contributed by atoms with Crippen molar-refractivity contribution in [2.45, 2.75) is 38.9 Å². The molecule has 4 rings (SSSR count). The number of nitrogens with one attached hydrogen (secondary N) is 1. The van der Waals surface area contributed by atoms with Crippen LogP contribution in [0, 0.1) is 0 Å². The maximum absolute atomic E-state index is 11.8. The van der Waals surface area contributed by atoms with E-state index in [9.17, 15) is 4.79 Å². The van der Waals surface area contributed by atoms with Crippen molar-refractivity contribution in [1.82, 2.24) is 10.3 Å². The number of aryl methyl sites for hydroxylation is 1. The second-order valence-electron chi connectivity index (χ2n) is 7.74. The maximum Gasteiger partial charge on any atom is 0.153 e. The van der Waals surface area contributed by atoms with Crippen molar-refractivity contribution in [1.29, 1.82) is 0 Å². The molecule has 4 heteroatoms. The van der Waals surface area contributed by atoms with Gasteiger partial charge in [0.05, 0.1) is 12.3 Å². The third kappa shape index (κ3) is 4.84. The van der Waals surface area contributed by atoms with Crippen molar-refractivity contribution < 1.29 is 9.53 Å². The Morgan fingerprint density at radius 2 is 1.87 bits per heavy atom. The second-order valence-corrected chi connectivity index (χ2v) is 7.74. The predicted octanol–water partition coefficient (Wildman–Crippen LogP) is 4.46. The number of ether oxygens (including phenoxy) is 1. The molecule has 1 aliphatic rings. The first-order valence-corrected chi connectivity index (χ1v) is 10.7. The molecule has 0 radical (unpaired) electrons. The molecule has 0 saturated carbocycles. The highest BCUT2D eigenvalue weighted by Crippen LogP contribution is 2.27. The van der Waals surface area contributed by atoms with Gasteiger partial charge in [-0.2, -0.15) is 0 Å². The fourth-order valence-corrected chi connectivity index (χ4v) is 3.96. The molecule has 0 bridgehead atoms. The molecule has 30 heavy (non-hydrogen) atoms. The summed E-state index contributed by atoms with van der Waals surface area (Å²) in [5, 5.41) is 3.46. The molecule has 1 unspecified atom stereocenters. The van der Waals surface area contributed by atoms with Gasteiger partial charge in [-0.15, -0.1) is 0 Å². The predicted molar refractivity (Wildman–Crippen MR) is 119 cm³/mol. The second kappa shape index (κ2) is 9.79. The molecule has 1 atom stereocenters. The smallest absolute Gasteiger partial charge is 0.153 e. The van der Waals surface area contributed by atoms with Crippen LogP contribution in [-0.2, 0) is 35.4 Å². The van der Waals surface area contributed by atoms with E-state index < -0.39 is 6.10 Å². The van der Waals surface area contributed by atoms with Gasteiger partial charge in [-0.05, 0) is 83.9 Å². The molecule has 1 N–H and O–H groups in total. The average Bonchev–Trinajstić information content (AvgIpc) is 3.05. The van der Waals surface area contributed by atoms with Crippen LogP contribution >= 0.6 is 0 Å². The Kier molecular flexibility index (Phi) is 6.67. The highest BCUT2D eigenvalue weighted by Gasteiger charge is 2.14. The van der Waals surface area contributed by atoms with E-state index in [0.717, 1.165) is 55.5 Å². The lowest BCUT2D eigenvalue weighted by Gasteiger charge is -2.14. The summed E-state index contributed by atoms with van der Waals surface area (Å²) in [6.45, 7) is 4.48. The summed E-state index contributed by atoms with van der Waals surface area (Å²) in [5.74, 6) is 0. The molecule has 154 valence electrons. The molecular weight excluding hydrogens is 372 g/mol. The number of carbonyl (C=O) groups is 1. The normalized spacial score (nSPS) is 14.6. The van der Waals surface area contributed by atoms with Gasteiger partial charge in [0.2, 0.25) is 0 Å². The van der Waals surface area contributed by atoms with Crippen LogP contribution in [0.3, 0.4) is 0 Å². The van der Waals surface area contributed by atoms with E-state index in [1.165, 1.54) is 22.3 Å². The summed E-state index contributed by atoms with van der Waals surface area (Å²) in [4.78, 5) is 16.1. The zero-order valence-corrected chi connectivity index (χ0v) is 17.4. The summed E-state index contributed by atoms with van der Waals surface area (Å²) in [6.07, 6.45) is 5.12. The summed E-state index contributed by atoms with van der Waals surface area (Å²) in [7, 11) is 0. The van der Waals surface area contributed by atoms with Crippen LogP contribution in [0.5, 0.6) is 0 Å². The van der Waals surface area contributed by atoms with Crippen LogP contribution in [0.15, 0.2) is 60.8 Å². The standard InChI is InChI=1S/C26H28N2O2/c1-2-19-8-13-28-25(14-19)18-30-26(17-29)24-5-3-4-21(16-24)22-7-6-20-9-11-27-12-10-23(20)15-22/h3-8,13-17,26-27H,2,9-12,18H2,1H3. The fraction of sp³-hybridized carbons (Fsp3) is 0.308. The highest BCUT2D eigenvalue weighted by molar-refractivity contribution is 5.68. The van der Waals surface area contributed by atoms with E-state index in [1.54, 1.807) is 6.20 Å². The average molecular weight is 401 g/mol. The number of fused-ring (bicyclic) bond motifs is 1. The molecule has 1 aliphatic heterocycles. The quantitative estimate of drug-likeness (QED) is 0.595. The van der Waals surface area contributed by atoms with Gasteiger partial charge in [0.25, 0.3) is 0 Å². The van der Waals surface area contributed by atoms with Crippen molar-refractivity contribution in [3.8, 4) is 11.1 Å². The molecule has 1 aromatic heterocycles. The first-order valence-electron chi connectivity index (χ1n) is 10.7. The molecule has 2 heterocycles. The van der Waals surface area contributed by atoms with Gasteiger partial charge in [0, 0.05) is 6.20 Å². The van der Waals surface area contributed by atoms with Crippen LogP contribution in [0.25, 0.3) is 11.1 Å². The Balaban J connectivity index is 1.52. The first-order chi connectivity index (χ1) is 14.8. The third-order valence-corrected chi connectivity index (χ3v) is 5.72. The first kappa shape index (κ1) is 20.5. The Morgan fingerprint density at radius 3 is 2.70 bits per heavy atom. The van der Waals surface area contributed by atoms with Gasteiger partial charge in [0.15, 0.2) is 6.29 Å². The monoisotopic (exact) mass is 400 g/mol. The molecule has 0 fully saturated rings. The lowest BCUT2D eigenvalue weighted by molar-refractivity contribution is -0.119. The fourth-order valence-electron chi connectivity index (χ4n) is 3.96. The van der Waals surface area contributed by atoms with Crippen molar-refractivity contribution in [3.63, 3.8) is 0 Å². The SMILES string of the molecule is CCc1ccnc(COC(C=O)c2cccc(-c3ccc4c(c3)CCNCC4)c2)c1. The minimum Gasteiger partial charge on any atom is -0.360 e. The summed E-state index contributed by atoms with van der Waals surface area (Å²) in [5.41, 5.74) is 8.05. The largest absolute Gasteiger partial charge is 0.360 e. The van der Waals surface area contributed by atoms with E-state index >= 15 is 0 Å². The number of benzene rings is 2. The topological polar surface area (TPSA) is 51.2 Å². The number of aldehydes is 1. The number of carbonyl (C=O) groups excluding carboxylic acids is 1. The molecular formula is C26H28N2O2. The van der Waals surface area contributed by atoms with Crippen molar-refractivity contribution in [2.75, 3.05) is 13.1 Å². The van der Waals surface area contributed by atoms with E-state index in [2.05, 4.69) is 47.6 Å². The van der Waals surface area contributed by atoms with Crippen LogP contribution in [0.2, 0.25) is 0 Å². The van der Waals surface area contributed by atoms with Gasteiger partial charge in [-0.1, -0.05) is 43.3 Å². The number of aromatic nitrogens is 1. The van der Waals surface area contributed by atoms with Crippen LogP contribution in [0.4, 0.5) is 0 Å². The number of pyridine rings is 1. The summed E-state index contributed by atoms with van der Waals surface area (Å²) in [6, 6.07) is 18.8. The number of hydrogen-bond donors (Lipinski definition) is 1.